The molecule has 0 aliphatic carbocycles. The number of unbranched alkanes of at least 4 members (excludes halogenated alkanes) is 24. The summed E-state index contributed by atoms with van der Waals surface area (Å²) in [5.41, 5.74) is 0. The number of aliphatic carboxylic acids is 1. The van der Waals surface area contributed by atoms with Gasteiger partial charge in [-0.15, -0.1) is 0 Å². The fourth-order valence-corrected chi connectivity index (χ4v) is 6.07. The van der Waals surface area contributed by atoms with Crippen LogP contribution in [0.4, 0.5) is 0 Å². The van der Waals surface area contributed by atoms with Crippen molar-refractivity contribution >= 4 is 5.97 Å². The van der Waals surface area contributed by atoms with Crippen LogP contribution < -0.4 is 24.0 Å². The number of carbonyl (C=O) groups excluding carboxylic acids is 1. The molecule has 0 aliphatic rings. The third-order valence-electron chi connectivity index (χ3n) is 8.77. The van der Waals surface area contributed by atoms with Gasteiger partial charge in [0.2, 0.25) is 0 Å². The maximum Gasteiger partial charge on any atom is 1.00 e. The molecule has 3 nitrogen and oxygen atoms in total. The summed E-state index contributed by atoms with van der Waals surface area (Å²) in [6.07, 6.45) is 38.1. The van der Waals surface area contributed by atoms with Gasteiger partial charge in [-0.3, -0.25) is 0 Å². The van der Waals surface area contributed by atoms with Gasteiger partial charge >= 0.3 is 18.9 Å². The molecule has 234 valence electrons. The van der Waals surface area contributed by atoms with Crippen molar-refractivity contribution in [1.82, 2.24) is 4.90 Å². The van der Waals surface area contributed by atoms with Gasteiger partial charge in [0.1, 0.15) is 0 Å². The molecule has 0 fully saturated rings. The smallest absolute Gasteiger partial charge is 0.550 e. The number of nitrogens with zero attached hydrogens (tertiary/aromatic N) is 1. The van der Waals surface area contributed by atoms with E-state index in [1.165, 1.54) is 167 Å². The molecule has 0 bridgehead atoms. The van der Waals surface area contributed by atoms with Crippen molar-refractivity contribution in [2.75, 3.05) is 13.1 Å². The number of rotatable bonds is 33. The summed E-state index contributed by atoms with van der Waals surface area (Å²) in [6, 6.07) is 0.401. The molecule has 0 aromatic rings. The van der Waals surface area contributed by atoms with E-state index in [1.807, 2.05) is 0 Å². The van der Waals surface area contributed by atoms with Crippen molar-refractivity contribution in [1.29, 1.82) is 0 Å². The Hall–Kier alpha value is 0.0274. The Labute approximate surface area is 265 Å². The first-order valence-corrected chi connectivity index (χ1v) is 18.1. The quantitative estimate of drug-likeness (QED) is 0.0611. The summed E-state index contributed by atoms with van der Waals surface area (Å²) in [5, 5.41) is 11.1. The van der Waals surface area contributed by atoms with E-state index >= 15 is 0 Å². The Bertz CT molecular complexity index is 457. The maximum absolute atomic E-state index is 11.1. The summed E-state index contributed by atoms with van der Waals surface area (Å²) >= 11 is 0. The van der Waals surface area contributed by atoms with Gasteiger partial charge in [0, 0.05) is 12.0 Å². The van der Waals surface area contributed by atoms with Crippen molar-refractivity contribution in [3.05, 3.63) is 0 Å². The van der Waals surface area contributed by atoms with Gasteiger partial charge in [-0.2, -0.15) is 0 Å². The third kappa shape index (κ3) is 31.0. The number of carboxylic acids is 1. The average molecular weight is 558 g/mol. The molecule has 0 spiro atoms. The van der Waals surface area contributed by atoms with E-state index in [4.69, 9.17) is 0 Å². The minimum atomic E-state index is -0.893. The molecule has 4 heteroatoms. The van der Waals surface area contributed by atoms with Crippen LogP contribution in [0.25, 0.3) is 0 Å². The largest absolute Gasteiger partial charge is 1.00 e. The van der Waals surface area contributed by atoms with Gasteiger partial charge in [0.05, 0.1) is 0 Å². The Balaban J connectivity index is 0. The topological polar surface area (TPSA) is 43.4 Å². The van der Waals surface area contributed by atoms with Crippen LogP contribution in [0.15, 0.2) is 0 Å². The molecular weight excluding hydrogens is 485 g/mol. The van der Waals surface area contributed by atoms with Gasteiger partial charge in [0.25, 0.3) is 0 Å². The SMILES string of the molecule is CCCCCCCCCCCCCCCN(CCCCCCCCCCCCCCC)C(CC)CCC(=O)[O-].[Li+]. The second kappa shape index (κ2) is 35.2. The second-order valence-corrected chi connectivity index (χ2v) is 12.5. The predicted octanol–water partition coefficient (Wildman–Crippen LogP) is 7.78. The van der Waals surface area contributed by atoms with Crippen LogP contribution in [0.5, 0.6) is 0 Å². The first kappa shape index (κ1) is 42.2. The molecule has 0 amide bonds. The van der Waals surface area contributed by atoms with Crippen LogP contribution in [0.1, 0.15) is 207 Å². The van der Waals surface area contributed by atoms with Crippen LogP contribution in [-0.4, -0.2) is 30.0 Å². The monoisotopic (exact) mass is 558 g/mol. The summed E-state index contributed by atoms with van der Waals surface area (Å²) in [7, 11) is 0. The van der Waals surface area contributed by atoms with Crippen LogP contribution >= 0.6 is 0 Å². The Morgan fingerprint density at radius 3 is 1.02 bits per heavy atom. The molecule has 0 saturated carbocycles. The number of hydrogen-bond acceptors (Lipinski definition) is 3. The van der Waals surface area contributed by atoms with Crippen molar-refractivity contribution in [2.45, 2.75) is 213 Å². The molecule has 1 unspecified atom stereocenters. The van der Waals surface area contributed by atoms with E-state index in [-0.39, 0.29) is 25.3 Å². The predicted molar refractivity (Wildman–Crippen MR) is 171 cm³/mol. The molecule has 40 heavy (non-hydrogen) atoms. The molecular formula is C36H72LiNO2. The van der Waals surface area contributed by atoms with Crippen molar-refractivity contribution in [2.24, 2.45) is 0 Å². The number of hydrogen-bond donors (Lipinski definition) is 0. The Morgan fingerprint density at radius 1 is 0.500 bits per heavy atom. The van der Waals surface area contributed by atoms with Crippen molar-refractivity contribution < 1.29 is 28.8 Å². The van der Waals surface area contributed by atoms with Gasteiger partial charge < -0.3 is 14.8 Å². The molecule has 0 aromatic carbocycles. The normalized spacial score (nSPS) is 12.1. The van der Waals surface area contributed by atoms with Crippen LogP contribution in [0, 0.1) is 0 Å². The van der Waals surface area contributed by atoms with Crippen molar-refractivity contribution in [3.63, 3.8) is 0 Å². The zero-order valence-electron chi connectivity index (χ0n) is 28.3. The fraction of sp³-hybridized carbons (Fsp3) is 0.972. The van der Waals surface area contributed by atoms with Gasteiger partial charge in [-0.25, -0.2) is 0 Å². The standard InChI is InChI=1S/C36H73NO2.Li/c1-4-7-9-11-13-15-17-19-21-23-25-27-29-33-37(35(6-3)31-32-36(38)39)34-30-28-26-24-22-20-18-16-14-12-10-8-5-2;/h35H,4-34H2,1-3H3,(H,38,39);/q;+1/p-1. The zero-order valence-corrected chi connectivity index (χ0v) is 28.3. The summed E-state index contributed by atoms with van der Waals surface area (Å²) in [6.45, 7) is 9.08. The minimum absolute atomic E-state index is 0. The molecule has 0 aromatic heterocycles. The third-order valence-corrected chi connectivity index (χ3v) is 8.77. The molecule has 1 atom stereocenters. The first-order chi connectivity index (χ1) is 19.2. The molecule has 0 heterocycles. The minimum Gasteiger partial charge on any atom is -0.550 e. The van der Waals surface area contributed by atoms with E-state index in [9.17, 15) is 9.90 Å². The molecule has 0 N–H and O–H groups in total. The summed E-state index contributed by atoms with van der Waals surface area (Å²) < 4.78 is 0. The first-order valence-electron chi connectivity index (χ1n) is 18.1. The van der Waals surface area contributed by atoms with Crippen LogP contribution in [0.3, 0.4) is 0 Å². The van der Waals surface area contributed by atoms with E-state index in [1.54, 1.807) is 0 Å². The Morgan fingerprint density at radius 2 is 0.775 bits per heavy atom. The fourth-order valence-electron chi connectivity index (χ4n) is 6.07. The average Bonchev–Trinajstić information content (AvgIpc) is 2.93. The van der Waals surface area contributed by atoms with Gasteiger partial charge in [0.15, 0.2) is 0 Å². The summed E-state index contributed by atoms with van der Waals surface area (Å²) in [4.78, 5) is 13.7. The molecule has 0 radical (unpaired) electrons. The van der Waals surface area contributed by atoms with Crippen LogP contribution in [-0.2, 0) is 4.79 Å². The van der Waals surface area contributed by atoms with Crippen LogP contribution in [0.2, 0.25) is 0 Å². The number of carboxylic acid groups (broad SMARTS) is 1. The molecule has 0 saturated heterocycles. The van der Waals surface area contributed by atoms with Gasteiger partial charge in [-0.05, 0) is 45.2 Å². The molecule has 0 aliphatic heterocycles. The Kier molecular flexibility index (Phi) is 37.1. The maximum atomic E-state index is 11.1. The second-order valence-electron chi connectivity index (χ2n) is 12.5. The van der Waals surface area contributed by atoms with E-state index in [2.05, 4.69) is 25.7 Å². The van der Waals surface area contributed by atoms with Crippen molar-refractivity contribution in [3.8, 4) is 0 Å². The number of carbonyl (C=O) groups is 1. The van der Waals surface area contributed by atoms with E-state index < -0.39 is 5.97 Å². The van der Waals surface area contributed by atoms with E-state index in [0.717, 1.165) is 25.9 Å². The van der Waals surface area contributed by atoms with Gasteiger partial charge in [-0.1, -0.05) is 175 Å². The van der Waals surface area contributed by atoms with E-state index in [0.29, 0.717) is 6.04 Å². The summed E-state index contributed by atoms with van der Waals surface area (Å²) in [5.74, 6) is -0.893. The molecule has 0 rings (SSSR count). The zero-order chi connectivity index (χ0) is 28.7.